The van der Waals surface area contributed by atoms with Crippen molar-refractivity contribution >= 4 is 15.5 Å². The number of benzene rings is 1. The van der Waals surface area contributed by atoms with Gasteiger partial charge in [-0.05, 0) is 43.5 Å². The Balaban J connectivity index is 2.22. The molecule has 0 aliphatic carbocycles. The Morgan fingerprint density at radius 3 is 2.53 bits per heavy atom. The lowest BCUT2D eigenvalue weighted by Crippen LogP contribution is -2.44. The first-order chi connectivity index (χ1) is 9.08. The Bertz CT molecular complexity index is 511. The van der Waals surface area contributed by atoms with Crippen LogP contribution in [-0.4, -0.2) is 33.3 Å². The standard InChI is InChI=1S/C14H22N2O2S/c1-2-19(17,18)14-8-6-12(7-9-14)16-10-4-3-5-13(16)11-15/h6-9,13H,2-5,10-11,15H2,1H3. The largest absolute Gasteiger partial charge is 0.367 e. The minimum atomic E-state index is -3.11. The molecular weight excluding hydrogens is 260 g/mol. The molecule has 0 aromatic heterocycles. The van der Waals surface area contributed by atoms with Gasteiger partial charge in [0.2, 0.25) is 0 Å². The highest BCUT2D eigenvalue weighted by Crippen LogP contribution is 2.25. The second-order valence-electron chi connectivity index (χ2n) is 4.98. The maximum atomic E-state index is 11.8. The van der Waals surface area contributed by atoms with Gasteiger partial charge in [0.15, 0.2) is 9.84 Å². The van der Waals surface area contributed by atoms with Crippen molar-refractivity contribution in [1.82, 2.24) is 0 Å². The summed E-state index contributed by atoms with van der Waals surface area (Å²) < 4.78 is 23.6. The Labute approximate surface area is 115 Å². The molecule has 2 N–H and O–H groups in total. The predicted octanol–water partition coefficient (Wildman–Crippen LogP) is 1.80. The van der Waals surface area contributed by atoms with E-state index in [4.69, 9.17) is 5.73 Å². The quantitative estimate of drug-likeness (QED) is 0.914. The monoisotopic (exact) mass is 282 g/mol. The fourth-order valence-electron chi connectivity index (χ4n) is 2.60. The Morgan fingerprint density at radius 2 is 1.95 bits per heavy atom. The van der Waals surface area contributed by atoms with Crippen molar-refractivity contribution < 1.29 is 8.42 Å². The molecule has 19 heavy (non-hydrogen) atoms. The van der Waals surface area contributed by atoms with Crippen LogP contribution >= 0.6 is 0 Å². The van der Waals surface area contributed by atoms with Crippen LogP contribution in [0.5, 0.6) is 0 Å². The number of nitrogens with two attached hydrogens (primary N) is 1. The molecule has 1 aliphatic heterocycles. The maximum Gasteiger partial charge on any atom is 0.178 e. The van der Waals surface area contributed by atoms with Crippen LogP contribution in [0.2, 0.25) is 0 Å². The summed E-state index contributed by atoms with van der Waals surface area (Å²) >= 11 is 0. The molecule has 0 bridgehead atoms. The van der Waals surface area contributed by atoms with E-state index in [1.165, 1.54) is 12.8 Å². The van der Waals surface area contributed by atoms with Crippen LogP contribution in [-0.2, 0) is 9.84 Å². The van der Waals surface area contributed by atoms with E-state index in [-0.39, 0.29) is 5.75 Å². The molecule has 1 aliphatic rings. The van der Waals surface area contributed by atoms with E-state index in [1.54, 1.807) is 19.1 Å². The van der Waals surface area contributed by atoms with Crippen molar-refractivity contribution in [2.45, 2.75) is 37.1 Å². The summed E-state index contributed by atoms with van der Waals surface area (Å²) in [7, 11) is -3.11. The van der Waals surface area contributed by atoms with Crippen LogP contribution in [0.15, 0.2) is 29.2 Å². The summed E-state index contributed by atoms with van der Waals surface area (Å²) in [5.41, 5.74) is 6.89. The van der Waals surface area contributed by atoms with Crippen molar-refractivity contribution in [3.05, 3.63) is 24.3 Å². The predicted molar refractivity (Wildman–Crippen MR) is 78.2 cm³/mol. The first-order valence-corrected chi connectivity index (χ1v) is 8.53. The smallest absolute Gasteiger partial charge is 0.178 e. The molecule has 1 heterocycles. The lowest BCUT2D eigenvalue weighted by Gasteiger charge is -2.37. The molecule has 0 spiro atoms. The van der Waals surface area contributed by atoms with Gasteiger partial charge in [0.05, 0.1) is 10.6 Å². The van der Waals surface area contributed by atoms with Gasteiger partial charge in [-0.1, -0.05) is 6.92 Å². The molecule has 1 saturated heterocycles. The number of hydrogen-bond acceptors (Lipinski definition) is 4. The van der Waals surface area contributed by atoms with Gasteiger partial charge in [0.25, 0.3) is 0 Å². The van der Waals surface area contributed by atoms with E-state index in [9.17, 15) is 8.42 Å². The number of sulfone groups is 1. The van der Waals surface area contributed by atoms with Crippen LogP contribution in [0.4, 0.5) is 5.69 Å². The molecule has 1 aromatic rings. The van der Waals surface area contributed by atoms with Gasteiger partial charge in [0, 0.05) is 24.8 Å². The zero-order valence-electron chi connectivity index (χ0n) is 11.4. The zero-order chi connectivity index (χ0) is 13.9. The minimum Gasteiger partial charge on any atom is -0.367 e. The topological polar surface area (TPSA) is 63.4 Å². The summed E-state index contributed by atoms with van der Waals surface area (Å²) in [5.74, 6) is 0.140. The Kier molecular flexibility index (Phi) is 4.47. The summed E-state index contributed by atoms with van der Waals surface area (Å²) in [6, 6.07) is 7.59. The third-order valence-corrected chi connectivity index (χ3v) is 5.56. The molecule has 0 saturated carbocycles. The SMILES string of the molecule is CCS(=O)(=O)c1ccc(N2CCCCC2CN)cc1. The molecule has 1 fully saturated rings. The first-order valence-electron chi connectivity index (χ1n) is 6.88. The highest BCUT2D eigenvalue weighted by molar-refractivity contribution is 7.91. The molecule has 5 heteroatoms. The van der Waals surface area contributed by atoms with Gasteiger partial charge in [-0.2, -0.15) is 0 Å². The fraction of sp³-hybridized carbons (Fsp3) is 0.571. The van der Waals surface area contributed by atoms with E-state index in [2.05, 4.69) is 4.90 Å². The maximum absolute atomic E-state index is 11.8. The van der Waals surface area contributed by atoms with E-state index >= 15 is 0 Å². The number of rotatable bonds is 4. The van der Waals surface area contributed by atoms with Crippen molar-refractivity contribution in [3.8, 4) is 0 Å². The number of anilines is 1. The van der Waals surface area contributed by atoms with Crippen molar-refractivity contribution in [2.75, 3.05) is 23.7 Å². The molecule has 2 rings (SSSR count). The van der Waals surface area contributed by atoms with Crippen LogP contribution in [0.1, 0.15) is 26.2 Å². The molecule has 0 radical (unpaired) electrons. The average Bonchev–Trinajstić information content (AvgIpc) is 2.47. The normalized spacial score (nSPS) is 20.5. The van der Waals surface area contributed by atoms with Crippen molar-refractivity contribution in [3.63, 3.8) is 0 Å². The third-order valence-electron chi connectivity index (χ3n) is 3.81. The average molecular weight is 282 g/mol. The zero-order valence-corrected chi connectivity index (χ0v) is 12.2. The van der Waals surface area contributed by atoms with Crippen molar-refractivity contribution in [1.29, 1.82) is 0 Å². The van der Waals surface area contributed by atoms with Crippen LogP contribution < -0.4 is 10.6 Å². The summed E-state index contributed by atoms with van der Waals surface area (Å²) in [6.07, 6.45) is 3.51. The Morgan fingerprint density at radius 1 is 1.26 bits per heavy atom. The van der Waals surface area contributed by atoms with Crippen LogP contribution in [0.25, 0.3) is 0 Å². The lowest BCUT2D eigenvalue weighted by atomic mass is 10.0. The van der Waals surface area contributed by atoms with Gasteiger partial charge in [-0.15, -0.1) is 0 Å². The first kappa shape index (κ1) is 14.3. The molecule has 1 atom stereocenters. The van der Waals surface area contributed by atoms with E-state index < -0.39 is 9.84 Å². The third kappa shape index (κ3) is 3.09. The van der Waals surface area contributed by atoms with Gasteiger partial charge < -0.3 is 10.6 Å². The van der Waals surface area contributed by atoms with Gasteiger partial charge in [-0.3, -0.25) is 0 Å². The molecule has 1 aromatic carbocycles. The molecule has 4 nitrogen and oxygen atoms in total. The second kappa shape index (κ2) is 5.92. The van der Waals surface area contributed by atoms with Gasteiger partial charge in [0.1, 0.15) is 0 Å². The number of hydrogen-bond donors (Lipinski definition) is 1. The summed E-state index contributed by atoms with van der Waals surface area (Å²) in [6.45, 7) is 3.31. The van der Waals surface area contributed by atoms with E-state index in [0.29, 0.717) is 17.5 Å². The van der Waals surface area contributed by atoms with Crippen LogP contribution in [0, 0.1) is 0 Å². The number of nitrogens with zero attached hydrogens (tertiary/aromatic N) is 1. The van der Waals surface area contributed by atoms with Gasteiger partial charge >= 0.3 is 0 Å². The number of piperidine rings is 1. The minimum absolute atomic E-state index is 0.140. The lowest BCUT2D eigenvalue weighted by molar-refractivity contribution is 0.465. The fourth-order valence-corrected chi connectivity index (χ4v) is 3.48. The Hall–Kier alpha value is -1.07. The molecule has 1 unspecified atom stereocenters. The van der Waals surface area contributed by atoms with E-state index in [0.717, 1.165) is 18.7 Å². The molecular formula is C14H22N2O2S. The highest BCUT2D eigenvalue weighted by atomic mass is 32.2. The van der Waals surface area contributed by atoms with E-state index in [1.807, 2.05) is 12.1 Å². The summed E-state index contributed by atoms with van der Waals surface area (Å²) in [5, 5.41) is 0. The van der Waals surface area contributed by atoms with Gasteiger partial charge in [-0.25, -0.2) is 8.42 Å². The summed E-state index contributed by atoms with van der Waals surface area (Å²) in [4.78, 5) is 2.70. The second-order valence-corrected chi connectivity index (χ2v) is 7.25. The van der Waals surface area contributed by atoms with Crippen LogP contribution in [0.3, 0.4) is 0 Å². The van der Waals surface area contributed by atoms with Crippen molar-refractivity contribution in [2.24, 2.45) is 5.73 Å². The molecule has 0 amide bonds. The molecule has 106 valence electrons. The highest BCUT2D eigenvalue weighted by Gasteiger charge is 2.21.